The van der Waals surface area contributed by atoms with E-state index in [-0.39, 0.29) is 64.6 Å². The number of H-pyrrole nitrogens is 2. The number of aromatic amines is 2. The topological polar surface area (TPSA) is 242 Å². The zero-order chi connectivity index (χ0) is 48.1. The van der Waals surface area contributed by atoms with Gasteiger partial charge in [-0.15, -0.1) is 0 Å². The maximum absolute atomic E-state index is 14.6. The first-order valence-corrected chi connectivity index (χ1v) is 23.2. The van der Waals surface area contributed by atoms with Crippen LogP contribution in [0.15, 0.2) is 111 Å². The Morgan fingerprint density at radius 2 is 1.59 bits per heavy atom. The Morgan fingerprint density at radius 3 is 2.35 bits per heavy atom. The molecule has 2 amide bonds. The number of phenolic OH excluding ortho intramolecular Hbond substituents is 1. The van der Waals surface area contributed by atoms with Crippen molar-refractivity contribution in [3.63, 3.8) is 0 Å². The van der Waals surface area contributed by atoms with E-state index in [0.717, 1.165) is 55.4 Å². The molecule has 69 heavy (non-hydrogen) atoms. The highest BCUT2D eigenvalue weighted by molar-refractivity contribution is 8.19. The fourth-order valence-corrected chi connectivity index (χ4v) is 8.75. The third kappa shape index (κ3) is 12.3. The lowest BCUT2D eigenvalue weighted by molar-refractivity contribution is -0.111. The number of rotatable bonds is 20. The maximum Gasteiger partial charge on any atom is 0.314 e. The van der Waals surface area contributed by atoms with Gasteiger partial charge in [0.2, 0.25) is 5.78 Å². The summed E-state index contributed by atoms with van der Waals surface area (Å²) in [6.45, 7) is 6.99. The van der Waals surface area contributed by atoms with Gasteiger partial charge in [0.25, 0.3) is 5.56 Å². The number of piperazine rings is 1. The summed E-state index contributed by atoms with van der Waals surface area (Å²) in [5.41, 5.74) is 10.0. The molecule has 6 aromatic rings. The van der Waals surface area contributed by atoms with Crippen molar-refractivity contribution in [3.05, 3.63) is 123 Å². The molecule has 18 nitrogen and oxygen atoms in total. The third-order valence-electron chi connectivity index (χ3n) is 11.2. The number of aliphatic hydroxyl groups is 1. The van der Waals surface area contributed by atoms with E-state index in [4.69, 9.17) is 24.7 Å². The molecule has 0 aliphatic carbocycles. The lowest BCUT2D eigenvalue weighted by Crippen LogP contribution is -2.49. The minimum atomic E-state index is -0.523. The van der Waals surface area contributed by atoms with Crippen LogP contribution in [0.25, 0.3) is 39.4 Å². The zero-order valence-electron chi connectivity index (χ0n) is 37.5. The number of thioether (sulfide) groups is 1. The summed E-state index contributed by atoms with van der Waals surface area (Å²) in [5.74, 6) is -0.429. The van der Waals surface area contributed by atoms with Crippen LogP contribution in [0, 0.1) is 5.82 Å². The van der Waals surface area contributed by atoms with Crippen LogP contribution >= 0.6 is 11.8 Å². The number of nitrogens with one attached hydrogen (secondary N) is 4. The number of urea groups is 1. The number of allylic oxidation sites excluding steroid dienone is 1. The molecule has 4 aromatic carbocycles. The van der Waals surface area contributed by atoms with Crippen LogP contribution in [-0.4, -0.2) is 139 Å². The second kappa shape index (κ2) is 23.2. The van der Waals surface area contributed by atoms with Gasteiger partial charge in [-0.1, -0.05) is 42.1 Å². The number of ether oxygens (including phenoxy) is 4. The fourth-order valence-electron chi connectivity index (χ4n) is 7.74. The van der Waals surface area contributed by atoms with Gasteiger partial charge in [0.15, 0.2) is 11.5 Å². The number of imidazole rings is 1. The molecule has 4 heterocycles. The number of aromatic nitrogens is 3. The maximum atomic E-state index is 14.6. The molecule has 2 fully saturated rings. The Bertz CT molecular complexity index is 2940. The number of hydrogen-bond donors (Lipinski definition) is 7. The Kier molecular flexibility index (Phi) is 16.2. The van der Waals surface area contributed by atoms with Crippen molar-refractivity contribution < 1.29 is 43.1 Å². The van der Waals surface area contributed by atoms with Crippen LogP contribution in [0.5, 0.6) is 11.5 Å². The van der Waals surface area contributed by atoms with E-state index in [9.17, 15) is 29.0 Å². The predicted octanol–water partition coefficient (Wildman–Crippen LogP) is 5.88. The zero-order valence-corrected chi connectivity index (χ0v) is 38.4. The van der Waals surface area contributed by atoms with Gasteiger partial charge in [0.1, 0.15) is 28.9 Å². The van der Waals surface area contributed by atoms with Gasteiger partial charge >= 0.3 is 6.03 Å². The molecule has 360 valence electrons. The Hall–Kier alpha value is -7.23. The van der Waals surface area contributed by atoms with Crippen molar-refractivity contribution in [2.24, 2.45) is 4.99 Å². The van der Waals surface area contributed by atoms with Crippen LogP contribution < -0.4 is 31.6 Å². The number of aliphatic imine (C=N–C) groups is 1. The monoisotopic (exact) mass is 961 g/mol. The summed E-state index contributed by atoms with van der Waals surface area (Å²) in [6, 6.07) is 24.0. The van der Waals surface area contributed by atoms with Gasteiger partial charge in [0.05, 0.1) is 89.7 Å². The van der Waals surface area contributed by atoms with Crippen molar-refractivity contribution >= 4 is 73.7 Å². The van der Waals surface area contributed by atoms with E-state index in [1.54, 1.807) is 36.4 Å². The molecule has 8 N–H and O–H groups in total. The Balaban J connectivity index is 0.637. The van der Waals surface area contributed by atoms with E-state index in [2.05, 4.69) is 40.4 Å². The largest absolute Gasteiger partial charge is 0.515 e. The normalized spacial score (nSPS) is 16.1. The van der Waals surface area contributed by atoms with E-state index in [0.29, 0.717) is 84.9 Å². The minimum absolute atomic E-state index is 0.0331. The van der Waals surface area contributed by atoms with Crippen molar-refractivity contribution in [2.45, 2.75) is 0 Å². The molecular formula is C49H52FN9O9S. The Morgan fingerprint density at radius 1 is 0.855 bits per heavy atom. The molecule has 0 spiro atoms. The second-order valence-corrected chi connectivity index (χ2v) is 16.9. The molecule has 0 saturated carbocycles. The highest BCUT2D eigenvalue weighted by atomic mass is 32.2. The van der Waals surface area contributed by atoms with Crippen LogP contribution in [0.2, 0.25) is 0 Å². The molecule has 2 saturated heterocycles. The van der Waals surface area contributed by atoms with E-state index in [1.807, 2.05) is 36.4 Å². The number of Topliss-reactive ketones (excluding diaryl/α,β-unsaturated/α-hetero) is 1. The number of aliphatic hydroxyl groups excluding tert-OH is 1. The molecule has 8 rings (SSSR count). The number of ketones is 1. The molecule has 0 radical (unpaired) electrons. The summed E-state index contributed by atoms with van der Waals surface area (Å²) < 4.78 is 36.9. The summed E-state index contributed by atoms with van der Waals surface area (Å²) in [6.07, 6.45) is 2.39. The first kappa shape index (κ1) is 48.2. The summed E-state index contributed by atoms with van der Waals surface area (Å²) in [4.78, 5) is 58.0. The van der Waals surface area contributed by atoms with E-state index < -0.39 is 11.4 Å². The van der Waals surface area contributed by atoms with Gasteiger partial charge in [-0.25, -0.2) is 19.2 Å². The molecule has 2 aromatic heterocycles. The van der Waals surface area contributed by atoms with Gasteiger partial charge < -0.3 is 60.4 Å². The number of nitrogen functional groups attached to an aromatic ring is 1. The molecule has 0 unspecified atom stereocenters. The van der Waals surface area contributed by atoms with Gasteiger partial charge in [0, 0.05) is 51.5 Å². The van der Waals surface area contributed by atoms with Crippen molar-refractivity contribution in [1.29, 1.82) is 0 Å². The van der Waals surface area contributed by atoms with Gasteiger partial charge in [-0.2, -0.15) is 0 Å². The number of hydrogen-bond acceptors (Lipinski definition) is 15. The number of halogens is 1. The van der Waals surface area contributed by atoms with Crippen LogP contribution in [0.3, 0.4) is 0 Å². The number of nitrogens with zero attached hydrogens (tertiary/aromatic N) is 4. The standard InChI is InChI=1S/C49H52FN9O9S/c50-35-7-4-8-37-42(35)44(51)43(47(63)57-37)46-55-36-11-10-33(29-38(36)56-46)59-18-16-58(17-19-59)15-13-52-49(64)53-14-20-65-21-22-66-23-24-67-25-26-68-40-12-9-31(27-39(40)61)28-41-45(62)34(30-60)48(69-41)54-32-5-2-1-3-6-32/h1-12,27-30,60-61H,13-26H2,(H,55,56)(H3,51,57,63)(H2,52,53,64)/b34-30?,41-28-,54-48?. The minimum Gasteiger partial charge on any atom is -0.515 e. The fraction of sp³-hybridized carbons (Fsp3) is 0.286. The number of para-hydroxylation sites is 1. The average molecular weight is 962 g/mol. The number of carbonyl (C=O) groups is 2. The summed E-state index contributed by atoms with van der Waals surface area (Å²) in [7, 11) is 0. The van der Waals surface area contributed by atoms with E-state index >= 15 is 0 Å². The molecule has 2 aliphatic heterocycles. The molecule has 0 bridgehead atoms. The van der Waals surface area contributed by atoms with Gasteiger partial charge in [-0.3, -0.25) is 14.5 Å². The molecule has 2 aliphatic rings. The quantitative estimate of drug-likeness (QED) is 0.0269. The lowest BCUT2D eigenvalue weighted by atomic mass is 10.1. The van der Waals surface area contributed by atoms with Crippen LogP contribution in [-0.2, 0) is 19.0 Å². The number of carbonyl (C=O) groups excluding carboxylic acids is 2. The van der Waals surface area contributed by atoms with Crippen LogP contribution in [0.1, 0.15) is 5.56 Å². The first-order valence-electron chi connectivity index (χ1n) is 22.4. The molecule has 0 atom stereocenters. The van der Waals surface area contributed by atoms with Gasteiger partial charge in [-0.05, 0) is 66.2 Å². The number of benzene rings is 4. The number of amides is 2. The van der Waals surface area contributed by atoms with Crippen LogP contribution in [0.4, 0.5) is 26.2 Å². The number of phenols is 1. The third-order valence-corrected chi connectivity index (χ3v) is 12.3. The van der Waals surface area contributed by atoms with Crippen molar-refractivity contribution in [1.82, 2.24) is 30.5 Å². The SMILES string of the molecule is Nc1c(-c2nc3ccc(N4CCN(CCNC(=O)NCCOCCOCCOCCOc5ccc(/C=C6\SC(=Nc7ccccc7)C(=CO)C6=O)cc5O)CC4)cc3[nH]2)c(=O)[nH]c2cccc(F)c12. The lowest BCUT2D eigenvalue weighted by Gasteiger charge is -2.36. The second-order valence-electron chi connectivity index (χ2n) is 15.9. The summed E-state index contributed by atoms with van der Waals surface area (Å²) in [5, 5.41) is 26.4. The highest BCUT2D eigenvalue weighted by Crippen LogP contribution is 2.38. The smallest absolute Gasteiger partial charge is 0.314 e. The van der Waals surface area contributed by atoms with E-state index in [1.165, 1.54) is 18.2 Å². The average Bonchev–Trinajstić information content (AvgIpc) is 3.89. The number of aromatic hydroxyl groups is 1. The molecular weight excluding hydrogens is 910 g/mol. The number of fused-ring (bicyclic) bond motifs is 2. The molecule has 20 heteroatoms. The summed E-state index contributed by atoms with van der Waals surface area (Å²) >= 11 is 1.15. The number of anilines is 2. The Labute approximate surface area is 400 Å². The highest BCUT2D eigenvalue weighted by Gasteiger charge is 2.31. The number of nitrogens with two attached hydrogens (primary N) is 1. The first-order chi connectivity index (χ1) is 33.6. The van der Waals surface area contributed by atoms with Crippen molar-refractivity contribution in [3.8, 4) is 22.9 Å². The van der Waals surface area contributed by atoms with Crippen molar-refractivity contribution in [2.75, 3.05) is 103 Å². The predicted molar refractivity (Wildman–Crippen MR) is 265 cm³/mol. The number of pyridine rings is 1.